The lowest BCUT2D eigenvalue weighted by Gasteiger charge is -2.30. The molecule has 0 radical (unpaired) electrons. The number of esters is 2. The molecule has 0 unspecified atom stereocenters. The van der Waals surface area contributed by atoms with E-state index in [9.17, 15) is 32.7 Å². The topological polar surface area (TPSA) is 225 Å². The summed E-state index contributed by atoms with van der Waals surface area (Å²) in [4.78, 5) is 79.7. The summed E-state index contributed by atoms with van der Waals surface area (Å²) >= 11 is 6.67. The number of aliphatic hydroxyl groups is 1. The number of ether oxygens (including phenoxy) is 2. The standard InChI is InChI=1S/C50H59ClN4O4.C48H61N5O5S/c1-5-7-8-9-10-11-12-13-14-21-32-59-50(58)40-26-28-43(51)45(35-40)53-49(57)48(52-44-29-27-41(33-36(44)3)55(6-2)30-31-56)46-37(4)34-42(38-22-17-15-18-23-38)47(54-46)39-24-19-16-20-25-39;1-6-8-9-10-11-12-13-14-15-16-17-23-32-58-48(55)39-29-28-36(3)43(34-39)51-47(54)45(49-41-31-30-40(33-37(41)4)52(5)7-2)46-50-42-26-21-22-27-44(42)59(56,57)53(46)35-38-24-19-18-20-25-38/h15-20,22-29,33-35,56H,5-14,21,30-32H2,1-4H3,(H,53,57);18-22,24-31,33-34H,6-17,23,32,35H2,1-5H3,(H,51,54). The van der Waals surface area contributed by atoms with E-state index < -0.39 is 33.8 Å². The molecule has 1 aliphatic rings. The fraction of sp³-hybridized carbons (Fsp3) is 0.388. The number of halogens is 1. The average molecular weight is 1640 g/mol. The highest BCUT2D eigenvalue weighted by Crippen LogP contribution is 2.38. The highest BCUT2D eigenvalue weighted by molar-refractivity contribution is 7.90. The number of carbonyl (C=O) groups is 4. The van der Waals surface area contributed by atoms with Crippen molar-refractivity contribution in [3.8, 4) is 22.4 Å². The number of rotatable bonds is 44. The molecule has 18 nitrogen and oxygen atoms in total. The van der Waals surface area contributed by atoms with E-state index in [1.807, 2.05) is 175 Å². The van der Waals surface area contributed by atoms with E-state index in [0.717, 1.165) is 101 Å². The van der Waals surface area contributed by atoms with E-state index in [4.69, 9.17) is 41.0 Å². The van der Waals surface area contributed by atoms with E-state index in [1.165, 1.54) is 109 Å². The van der Waals surface area contributed by atoms with Gasteiger partial charge in [0.2, 0.25) is 0 Å². The molecule has 3 N–H and O–H groups in total. The van der Waals surface area contributed by atoms with E-state index in [0.29, 0.717) is 64.9 Å². The molecule has 10 rings (SSSR count). The molecule has 0 fully saturated rings. The Bertz CT molecular complexity index is 4980. The van der Waals surface area contributed by atoms with Crippen LogP contribution in [0.5, 0.6) is 0 Å². The quantitative estimate of drug-likeness (QED) is 0.0184. The summed E-state index contributed by atoms with van der Waals surface area (Å²) in [6.07, 6.45) is 26.6. The number of carbonyl (C=O) groups excluding carboxylic acids is 4. The number of pyridine rings is 1. The first kappa shape index (κ1) is 91.3. The van der Waals surface area contributed by atoms with Gasteiger partial charge >= 0.3 is 11.9 Å². The Morgan fingerprint density at radius 1 is 0.492 bits per heavy atom. The molecule has 2 heterocycles. The Hall–Kier alpha value is -10.6. The number of sulfonamides is 1. The van der Waals surface area contributed by atoms with E-state index in [1.54, 1.807) is 54.6 Å². The number of aromatic nitrogens is 1. The summed E-state index contributed by atoms with van der Waals surface area (Å²) < 4.78 is 41.2. The number of unbranched alkanes of at least 4 members (excludes halogenated alkanes) is 20. The molecule has 9 aromatic rings. The van der Waals surface area contributed by atoms with Crippen LogP contribution in [0.15, 0.2) is 214 Å². The summed E-state index contributed by atoms with van der Waals surface area (Å²) in [5.74, 6) is -2.28. The third kappa shape index (κ3) is 26.7. The number of aliphatic imine (C=N–C) groups is 3. The first-order valence-corrected chi connectivity index (χ1v) is 44.3. The van der Waals surface area contributed by atoms with Crippen molar-refractivity contribution >= 4 is 102 Å². The van der Waals surface area contributed by atoms with Gasteiger partial charge in [0.1, 0.15) is 4.90 Å². The van der Waals surface area contributed by atoms with Gasteiger partial charge in [-0.15, -0.1) is 0 Å². The molecule has 2 amide bonds. The monoisotopic (exact) mass is 1630 g/mol. The van der Waals surface area contributed by atoms with Gasteiger partial charge in [-0.25, -0.2) is 42.3 Å². The summed E-state index contributed by atoms with van der Waals surface area (Å²) in [5, 5.41) is 15.8. The van der Waals surface area contributed by atoms with Gasteiger partial charge in [-0.05, 0) is 173 Å². The molecule has 118 heavy (non-hydrogen) atoms. The van der Waals surface area contributed by atoms with E-state index >= 15 is 0 Å². The Morgan fingerprint density at radius 2 is 0.966 bits per heavy atom. The number of anilines is 4. The van der Waals surface area contributed by atoms with Crippen LogP contribution in [0.4, 0.5) is 39.8 Å². The number of amides is 2. The van der Waals surface area contributed by atoms with Crippen molar-refractivity contribution in [2.24, 2.45) is 15.0 Å². The molecular formula is C98H120ClN9O9S. The van der Waals surface area contributed by atoms with Crippen molar-refractivity contribution < 1.29 is 42.2 Å². The number of nitrogens with one attached hydrogen (secondary N) is 2. The maximum atomic E-state index is 14.6. The number of likely N-dealkylation sites (N-methyl/N-ethyl adjacent to an activating group) is 1. The predicted octanol–water partition coefficient (Wildman–Crippen LogP) is 23.6. The van der Waals surface area contributed by atoms with Gasteiger partial charge in [0, 0.05) is 54.9 Å². The van der Waals surface area contributed by atoms with Crippen LogP contribution in [-0.2, 0) is 35.6 Å². The van der Waals surface area contributed by atoms with Crippen molar-refractivity contribution in [1.29, 1.82) is 0 Å². The summed E-state index contributed by atoms with van der Waals surface area (Å²) in [5.41, 5.74) is 12.0. The number of amidine groups is 1. The van der Waals surface area contributed by atoms with Crippen molar-refractivity contribution in [2.75, 3.05) is 66.9 Å². The van der Waals surface area contributed by atoms with Crippen LogP contribution in [0.3, 0.4) is 0 Å². The van der Waals surface area contributed by atoms with Crippen molar-refractivity contribution in [3.05, 3.63) is 244 Å². The second-order valence-electron chi connectivity index (χ2n) is 30.3. The van der Waals surface area contributed by atoms with Crippen molar-refractivity contribution in [3.63, 3.8) is 0 Å². The van der Waals surface area contributed by atoms with Crippen LogP contribution in [0.2, 0.25) is 5.02 Å². The number of hydrogen-bond donors (Lipinski definition) is 3. The van der Waals surface area contributed by atoms with Crippen LogP contribution < -0.4 is 20.4 Å². The normalized spacial score (nSPS) is 12.4. The molecule has 0 atom stereocenters. The minimum atomic E-state index is -4.18. The fourth-order valence-electron chi connectivity index (χ4n) is 14.2. The molecule has 0 bridgehead atoms. The lowest BCUT2D eigenvalue weighted by molar-refractivity contribution is -0.111. The van der Waals surface area contributed by atoms with Gasteiger partial charge in [-0.2, -0.15) is 0 Å². The first-order valence-electron chi connectivity index (χ1n) is 42.5. The summed E-state index contributed by atoms with van der Waals surface area (Å²) in [6.45, 7) is 18.8. The Labute approximate surface area is 705 Å². The van der Waals surface area contributed by atoms with E-state index in [-0.39, 0.29) is 57.3 Å². The van der Waals surface area contributed by atoms with E-state index in [2.05, 4.69) is 41.2 Å². The van der Waals surface area contributed by atoms with Gasteiger partial charge in [0.15, 0.2) is 17.3 Å². The number of hydrogen-bond acceptors (Lipinski definition) is 15. The second kappa shape index (κ2) is 47.7. The average Bonchev–Trinajstić information content (AvgIpc) is 0.744. The molecule has 0 aliphatic carbocycles. The minimum Gasteiger partial charge on any atom is -0.462 e. The summed E-state index contributed by atoms with van der Waals surface area (Å²) in [6, 6.07) is 58.9. The maximum Gasteiger partial charge on any atom is 0.338 e. The fourth-order valence-corrected chi connectivity index (χ4v) is 15.9. The van der Waals surface area contributed by atoms with Crippen molar-refractivity contribution in [2.45, 2.75) is 208 Å². The highest BCUT2D eigenvalue weighted by Gasteiger charge is 2.39. The number of para-hydroxylation sites is 1. The Morgan fingerprint density at radius 3 is 1.51 bits per heavy atom. The van der Waals surface area contributed by atoms with Crippen LogP contribution in [0, 0.1) is 27.7 Å². The van der Waals surface area contributed by atoms with Gasteiger partial charge in [0.05, 0.1) is 76.7 Å². The molecule has 8 aromatic carbocycles. The molecule has 0 spiro atoms. The van der Waals surface area contributed by atoms with Gasteiger partial charge in [-0.3, -0.25) is 9.59 Å². The molecular weight excluding hydrogens is 1510 g/mol. The lowest BCUT2D eigenvalue weighted by Crippen LogP contribution is -2.46. The van der Waals surface area contributed by atoms with Crippen molar-refractivity contribution in [1.82, 2.24) is 9.29 Å². The number of fused-ring (bicyclic) bond motifs is 1. The predicted molar refractivity (Wildman–Crippen MR) is 485 cm³/mol. The smallest absolute Gasteiger partial charge is 0.338 e. The highest BCUT2D eigenvalue weighted by atomic mass is 35.5. The lowest BCUT2D eigenvalue weighted by atomic mass is 9.95. The van der Waals surface area contributed by atoms with Gasteiger partial charge < -0.3 is 35.0 Å². The van der Waals surface area contributed by atoms with Crippen LogP contribution >= 0.6 is 11.6 Å². The second-order valence-corrected chi connectivity index (χ2v) is 32.6. The van der Waals surface area contributed by atoms with Gasteiger partial charge in [0.25, 0.3) is 21.8 Å². The zero-order chi connectivity index (χ0) is 84.2. The van der Waals surface area contributed by atoms with Gasteiger partial charge in [-0.1, -0.05) is 263 Å². The molecule has 0 saturated heterocycles. The van der Waals surface area contributed by atoms with Crippen LogP contribution in [0.25, 0.3) is 22.4 Å². The molecule has 0 saturated carbocycles. The molecule has 1 aliphatic heterocycles. The third-order valence-corrected chi connectivity index (χ3v) is 23.4. The number of aryl methyl sites for hydroxylation is 4. The maximum absolute atomic E-state index is 14.6. The zero-order valence-corrected chi connectivity index (χ0v) is 72.2. The number of aliphatic hydroxyl groups excluding tert-OH is 1. The molecule has 624 valence electrons. The minimum absolute atomic E-state index is 0.0334. The number of benzene rings is 8. The SMILES string of the molecule is CCCCCCCCCCCCCCOC(=O)c1ccc(C)c(NC(=O)C(=Nc2ccc(N(C)CC)cc2C)C2=Nc3ccccc3S(=O)(=O)N2Cc2ccccc2)c1.CCCCCCCCCCCCOC(=O)c1ccc(Cl)c(NC(=O)C(=Nc2ccc(N(CC)CCO)cc2C)c2nc(-c3ccccc3)c(-c3ccccc3)cc2C)c1. The first-order chi connectivity index (χ1) is 57.3. The molecule has 20 heteroatoms. The molecule has 1 aromatic heterocycles. The summed E-state index contributed by atoms with van der Waals surface area (Å²) in [7, 11) is -2.19. The Kier molecular flexibility index (Phi) is 36.9. The largest absolute Gasteiger partial charge is 0.462 e. The Balaban J connectivity index is 0.000000269. The number of nitrogens with zero attached hydrogens (tertiary/aromatic N) is 7. The van der Waals surface area contributed by atoms with Crippen LogP contribution in [0.1, 0.15) is 223 Å². The zero-order valence-electron chi connectivity index (χ0n) is 70.6. The third-order valence-electron chi connectivity index (χ3n) is 21.3. The van der Waals surface area contributed by atoms with Crippen LogP contribution in [-0.4, -0.2) is 110 Å².